The van der Waals surface area contributed by atoms with Crippen molar-refractivity contribution in [1.29, 1.82) is 0 Å². The van der Waals surface area contributed by atoms with Crippen LogP contribution in [0.1, 0.15) is 17.2 Å². The fraction of sp³-hybridized carbons (Fsp3) is 0.143. The fourth-order valence-corrected chi connectivity index (χ4v) is 2.66. The van der Waals surface area contributed by atoms with Gasteiger partial charge in [0.1, 0.15) is 17.3 Å². The largest absolute Gasteiger partial charge is 0.497 e. The molecule has 0 amide bonds. The van der Waals surface area contributed by atoms with Crippen molar-refractivity contribution in [3.05, 3.63) is 89.7 Å². The van der Waals surface area contributed by atoms with Gasteiger partial charge in [-0.05, 0) is 59.7 Å². The molecule has 3 nitrogen and oxygen atoms in total. The van der Waals surface area contributed by atoms with Crippen LogP contribution in [0.2, 0.25) is 0 Å². The van der Waals surface area contributed by atoms with Gasteiger partial charge in [0, 0.05) is 5.69 Å². The molecule has 25 heavy (non-hydrogen) atoms. The zero-order valence-corrected chi connectivity index (χ0v) is 14.2. The van der Waals surface area contributed by atoms with E-state index in [0.29, 0.717) is 0 Å². The van der Waals surface area contributed by atoms with Gasteiger partial charge in [0.05, 0.1) is 20.3 Å². The number of benzene rings is 3. The molecular formula is C21H20FNO2. The lowest BCUT2D eigenvalue weighted by Gasteiger charge is -2.21. The van der Waals surface area contributed by atoms with Crippen molar-refractivity contribution in [1.82, 2.24) is 0 Å². The molecule has 0 unspecified atom stereocenters. The molecule has 0 atom stereocenters. The van der Waals surface area contributed by atoms with Crippen molar-refractivity contribution in [3.63, 3.8) is 0 Å². The van der Waals surface area contributed by atoms with E-state index < -0.39 is 0 Å². The molecule has 0 aliphatic heterocycles. The minimum atomic E-state index is -0.254. The maximum Gasteiger partial charge on any atom is 0.123 e. The predicted molar refractivity (Wildman–Crippen MR) is 97.9 cm³/mol. The van der Waals surface area contributed by atoms with E-state index in [1.165, 1.54) is 12.1 Å². The highest BCUT2D eigenvalue weighted by Crippen LogP contribution is 2.29. The highest BCUT2D eigenvalue weighted by atomic mass is 19.1. The Bertz CT molecular complexity index is 751. The van der Waals surface area contributed by atoms with E-state index >= 15 is 0 Å². The Hall–Kier alpha value is -3.01. The Morgan fingerprint density at radius 1 is 0.680 bits per heavy atom. The monoisotopic (exact) mass is 337 g/mol. The minimum Gasteiger partial charge on any atom is -0.497 e. The molecule has 128 valence electrons. The van der Waals surface area contributed by atoms with Crippen molar-refractivity contribution in [2.75, 3.05) is 19.5 Å². The molecule has 3 aromatic rings. The van der Waals surface area contributed by atoms with Gasteiger partial charge in [0.2, 0.25) is 0 Å². The molecular weight excluding hydrogens is 317 g/mol. The van der Waals surface area contributed by atoms with Crippen LogP contribution in [-0.4, -0.2) is 14.2 Å². The number of ether oxygens (including phenoxy) is 2. The van der Waals surface area contributed by atoms with Crippen molar-refractivity contribution >= 4 is 5.69 Å². The number of hydrogen-bond acceptors (Lipinski definition) is 3. The molecule has 3 rings (SSSR count). The summed E-state index contributed by atoms with van der Waals surface area (Å²) in [6, 6.07) is 22.1. The third kappa shape index (κ3) is 4.10. The summed E-state index contributed by atoms with van der Waals surface area (Å²) in [5.74, 6) is 1.36. The lowest BCUT2D eigenvalue weighted by atomic mass is 9.98. The van der Waals surface area contributed by atoms with Gasteiger partial charge in [0.15, 0.2) is 0 Å². The summed E-state index contributed by atoms with van der Waals surface area (Å²) in [5.41, 5.74) is 3.00. The van der Waals surface area contributed by atoms with Crippen LogP contribution < -0.4 is 14.8 Å². The molecule has 0 radical (unpaired) electrons. The number of halogens is 1. The summed E-state index contributed by atoms with van der Waals surface area (Å²) in [6.07, 6.45) is 0. The first-order chi connectivity index (χ1) is 12.2. The van der Waals surface area contributed by atoms with Crippen LogP contribution in [0.25, 0.3) is 0 Å². The first-order valence-corrected chi connectivity index (χ1v) is 7.99. The molecule has 0 fully saturated rings. The van der Waals surface area contributed by atoms with Crippen molar-refractivity contribution in [3.8, 4) is 11.5 Å². The molecule has 0 spiro atoms. The highest BCUT2D eigenvalue weighted by molar-refractivity contribution is 5.50. The fourth-order valence-electron chi connectivity index (χ4n) is 2.66. The van der Waals surface area contributed by atoms with Crippen LogP contribution in [0.15, 0.2) is 72.8 Å². The standard InChI is InChI=1S/C21H20FNO2/c1-24-19-11-3-15(4-12-19)21(16-5-13-20(25-2)14-6-16)23-18-9-7-17(22)8-10-18/h3-14,21,23H,1-2H3. The topological polar surface area (TPSA) is 30.5 Å². The lowest BCUT2D eigenvalue weighted by molar-refractivity contribution is 0.414. The Balaban J connectivity index is 1.95. The number of nitrogens with one attached hydrogen (secondary N) is 1. The maximum absolute atomic E-state index is 13.2. The van der Waals surface area contributed by atoms with E-state index in [0.717, 1.165) is 28.3 Å². The second-order valence-electron chi connectivity index (χ2n) is 5.63. The second kappa shape index (κ2) is 7.71. The molecule has 3 aromatic carbocycles. The van der Waals surface area contributed by atoms with Crippen LogP contribution >= 0.6 is 0 Å². The third-order valence-electron chi connectivity index (χ3n) is 4.05. The lowest BCUT2D eigenvalue weighted by Crippen LogP contribution is -2.12. The Morgan fingerprint density at radius 3 is 1.52 bits per heavy atom. The maximum atomic E-state index is 13.2. The summed E-state index contributed by atoms with van der Waals surface area (Å²) in [4.78, 5) is 0. The van der Waals surface area contributed by atoms with Gasteiger partial charge in [-0.1, -0.05) is 24.3 Å². The number of hydrogen-bond donors (Lipinski definition) is 1. The molecule has 0 aliphatic rings. The van der Waals surface area contributed by atoms with E-state index in [1.54, 1.807) is 26.4 Å². The molecule has 4 heteroatoms. The number of methoxy groups -OCH3 is 2. The average molecular weight is 337 g/mol. The first kappa shape index (κ1) is 16.8. The smallest absolute Gasteiger partial charge is 0.123 e. The van der Waals surface area contributed by atoms with Crippen LogP contribution in [0.4, 0.5) is 10.1 Å². The van der Waals surface area contributed by atoms with E-state index in [2.05, 4.69) is 5.32 Å². The first-order valence-electron chi connectivity index (χ1n) is 7.99. The Kier molecular flexibility index (Phi) is 5.19. The molecule has 0 aliphatic carbocycles. The number of anilines is 1. The number of rotatable bonds is 6. The van der Waals surface area contributed by atoms with E-state index in [1.807, 2.05) is 48.5 Å². The molecule has 0 saturated carbocycles. The molecule has 0 bridgehead atoms. The van der Waals surface area contributed by atoms with Crippen LogP contribution in [0, 0.1) is 5.82 Å². The third-order valence-corrected chi connectivity index (χ3v) is 4.05. The molecule has 1 N–H and O–H groups in total. The molecule has 0 aromatic heterocycles. The summed E-state index contributed by atoms with van der Waals surface area (Å²) < 4.78 is 23.7. The van der Waals surface area contributed by atoms with Crippen LogP contribution in [0.5, 0.6) is 11.5 Å². The predicted octanol–water partition coefficient (Wildman–Crippen LogP) is 5.04. The average Bonchev–Trinajstić information content (AvgIpc) is 2.68. The Labute approximate surface area is 147 Å². The van der Waals surface area contributed by atoms with Gasteiger partial charge in [-0.3, -0.25) is 0 Å². The summed E-state index contributed by atoms with van der Waals surface area (Å²) in [7, 11) is 3.29. The van der Waals surface area contributed by atoms with Crippen LogP contribution in [0.3, 0.4) is 0 Å². The Morgan fingerprint density at radius 2 is 1.12 bits per heavy atom. The van der Waals surface area contributed by atoms with Gasteiger partial charge in [0.25, 0.3) is 0 Å². The summed E-state index contributed by atoms with van der Waals surface area (Å²) >= 11 is 0. The van der Waals surface area contributed by atoms with Gasteiger partial charge in [-0.25, -0.2) is 4.39 Å². The second-order valence-corrected chi connectivity index (χ2v) is 5.63. The normalized spacial score (nSPS) is 10.6. The van der Waals surface area contributed by atoms with E-state index in [-0.39, 0.29) is 11.9 Å². The summed E-state index contributed by atoms with van der Waals surface area (Å²) in [6.45, 7) is 0. The highest BCUT2D eigenvalue weighted by Gasteiger charge is 2.14. The van der Waals surface area contributed by atoms with E-state index in [9.17, 15) is 4.39 Å². The van der Waals surface area contributed by atoms with Gasteiger partial charge in [-0.15, -0.1) is 0 Å². The van der Waals surface area contributed by atoms with Gasteiger partial charge >= 0.3 is 0 Å². The SMILES string of the molecule is COc1ccc(C(Nc2ccc(F)cc2)c2ccc(OC)cc2)cc1. The summed E-state index contributed by atoms with van der Waals surface area (Å²) in [5, 5.41) is 3.47. The zero-order chi connectivity index (χ0) is 17.6. The van der Waals surface area contributed by atoms with E-state index in [4.69, 9.17) is 9.47 Å². The van der Waals surface area contributed by atoms with Gasteiger partial charge < -0.3 is 14.8 Å². The van der Waals surface area contributed by atoms with Crippen LogP contribution in [-0.2, 0) is 0 Å². The van der Waals surface area contributed by atoms with Crippen molar-refractivity contribution in [2.24, 2.45) is 0 Å². The minimum absolute atomic E-state index is 0.0812. The molecule has 0 heterocycles. The quantitative estimate of drug-likeness (QED) is 0.683. The van der Waals surface area contributed by atoms with Crippen molar-refractivity contribution < 1.29 is 13.9 Å². The van der Waals surface area contributed by atoms with Gasteiger partial charge in [-0.2, -0.15) is 0 Å². The molecule has 0 saturated heterocycles. The van der Waals surface area contributed by atoms with Crippen molar-refractivity contribution in [2.45, 2.75) is 6.04 Å². The zero-order valence-electron chi connectivity index (χ0n) is 14.2.